The van der Waals surface area contributed by atoms with Gasteiger partial charge >= 0.3 is 0 Å². The number of fused-ring (bicyclic) bond motifs is 2. The molecule has 0 spiro atoms. The van der Waals surface area contributed by atoms with Crippen LogP contribution in [-0.2, 0) is 0 Å². The van der Waals surface area contributed by atoms with E-state index in [1.54, 1.807) is 12.4 Å². The summed E-state index contributed by atoms with van der Waals surface area (Å²) in [6.07, 6.45) is 3.35. The summed E-state index contributed by atoms with van der Waals surface area (Å²) < 4.78 is 16.5. The number of nitrogens with zero attached hydrogens (tertiary/aromatic N) is 3. The number of benzene rings is 1. The Balaban J connectivity index is 1.71. The van der Waals surface area contributed by atoms with Gasteiger partial charge in [-0.3, -0.25) is 10.1 Å². The predicted octanol–water partition coefficient (Wildman–Crippen LogP) is 2.42. The molecule has 1 aromatic carbocycles. The fourth-order valence-electron chi connectivity index (χ4n) is 3.41. The van der Waals surface area contributed by atoms with Crippen LogP contribution in [-0.4, -0.2) is 22.0 Å². The Labute approximate surface area is 153 Å². The summed E-state index contributed by atoms with van der Waals surface area (Å²) in [5.41, 5.74) is 9.50. The van der Waals surface area contributed by atoms with Gasteiger partial charge in [0.05, 0.1) is 17.2 Å². The fraction of sp³-hybridized carbons (Fsp3) is 0.105. The largest absolute Gasteiger partial charge is 0.454 e. The van der Waals surface area contributed by atoms with E-state index in [0.717, 1.165) is 22.4 Å². The third-order valence-corrected chi connectivity index (χ3v) is 4.64. The molecule has 0 saturated heterocycles. The van der Waals surface area contributed by atoms with E-state index in [-0.39, 0.29) is 12.7 Å². The van der Waals surface area contributed by atoms with Crippen molar-refractivity contribution in [3.63, 3.8) is 0 Å². The molecule has 0 aliphatic carbocycles. The normalized spacial score (nSPS) is 17.2. The zero-order chi connectivity index (χ0) is 18.4. The van der Waals surface area contributed by atoms with E-state index in [1.165, 1.54) is 0 Å². The molecule has 1 unspecified atom stereocenters. The van der Waals surface area contributed by atoms with E-state index < -0.39 is 5.92 Å². The number of hydrogen-bond acceptors (Lipinski definition) is 7. The Bertz CT molecular complexity index is 1110. The molecule has 3 N–H and O–H groups in total. The smallest absolute Gasteiger partial charge is 0.244 e. The van der Waals surface area contributed by atoms with Gasteiger partial charge in [0.2, 0.25) is 18.6 Å². The van der Waals surface area contributed by atoms with Gasteiger partial charge in [0.15, 0.2) is 11.5 Å². The molecule has 132 valence electrons. The quantitative estimate of drug-likeness (QED) is 0.721. The topological polar surface area (TPSA) is 119 Å². The van der Waals surface area contributed by atoms with Crippen LogP contribution in [0.2, 0.25) is 0 Å². The molecule has 2 aromatic heterocycles. The van der Waals surface area contributed by atoms with Crippen molar-refractivity contribution in [2.45, 2.75) is 5.92 Å². The lowest BCUT2D eigenvalue weighted by Crippen LogP contribution is -2.21. The number of allylic oxidation sites excluding steroid dienone is 1. The molecule has 0 radical (unpaired) electrons. The van der Waals surface area contributed by atoms with Crippen molar-refractivity contribution in [2.75, 3.05) is 6.79 Å². The van der Waals surface area contributed by atoms with Gasteiger partial charge in [0.25, 0.3) is 0 Å². The van der Waals surface area contributed by atoms with Crippen molar-refractivity contribution >= 4 is 0 Å². The number of nitriles is 1. The van der Waals surface area contributed by atoms with Gasteiger partial charge in [-0.15, -0.1) is 5.10 Å². The molecule has 0 fully saturated rings. The average Bonchev–Trinajstić information content (AvgIpc) is 3.33. The lowest BCUT2D eigenvalue weighted by molar-refractivity contribution is 0.174. The van der Waals surface area contributed by atoms with Gasteiger partial charge in [-0.1, -0.05) is 0 Å². The number of nitrogens with two attached hydrogens (primary N) is 1. The lowest BCUT2D eigenvalue weighted by atomic mass is 9.83. The predicted molar refractivity (Wildman–Crippen MR) is 93.7 cm³/mol. The fourth-order valence-corrected chi connectivity index (χ4v) is 3.41. The molecule has 8 heteroatoms. The lowest BCUT2D eigenvalue weighted by Gasteiger charge is -2.24. The summed E-state index contributed by atoms with van der Waals surface area (Å²) in [6.45, 7) is 0.195. The minimum Gasteiger partial charge on any atom is -0.454 e. The highest BCUT2D eigenvalue weighted by Gasteiger charge is 2.35. The van der Waals surface area contributed by atoms with Crippen LogP contribution in [0.3, 0.4) is 0 Å². The van der Waals surface area contributed by atoms with E-state index in [2.05, 4.69) is 21.3 Å². The molecule has 4 heterocycles. The monoisotopic (exact) mass is 359 g/mol. The number of H-pyrrole nitrogens is 1. The van der Waals surface area contributed by atoms with Gasteiger partial charge < -0.3 is 19.9 Å². The molecule has 5 rings (SSSR count). The second-order valence-corrected chi connectivity index (χ2v) is 6.09. The first-order valence-corrected chi connectivity index (χ1v) is 8.22. The number of rotatable bonds is 2. The van der Waals surface area contributed by atoms with E-state index in [0.29, 0.717) is 23.0 Å². The summed E-state index contributed by atoms with van der Waals surface area (Å²) in [6, 6.07) is 11.5. The second kappa shape index (κ2) is 5.78. The molecule has 3 aromatic rings. The molecular formula is C19H13N5O3. The number of nitrogens with one attached hydrogen (secondary N) is 1. The first kappa shape index (κ1) is 15.3. The molecule has 8 nitrogen and oxygen atoms in total. The standard InChI is InChI=1S/C19H13N5O3/c20-8-12-15(10-3-5-22-6-4-10)16-17(23-24-19(16)27-18(12)21)11-1-2-13-14(7-11)26-9-25-13/h1-7,15H,9,21H2,(H,23,24). The third kappa shape index (κ3) is 2.29. The van der Waals surface area contributed by atoms with Crippen molar-refractivity contribution in [3.8, 4) is 34.7 Å². The van der Waals surface area contributed by atoms with Crippen molar-refractivity contribution in [3.05, 3.63) is 65.3 Å². The molecule has 0 amide bonds. The molecule has 0 bridgehead atoms. The Morgan fingerprint density at radius 1 is 1.15 bits per heavy atom. The first-order chi connectivity index (χ1) is 13.3. The van der Waals surface area contributed by atoms with E-state index in [4.69, 9.17) is 19.9 Å². The van der Waals surface area contributed by atoms with Crippen LogP contribution >= 0.6 is 0 Å². The van der Waals surface area contributed by atoms with Gasteiger partial charge in [0, 0.05) is 18.0 Å². The molecular weight excluding hydrogens is 346 g/mol. The maximum Gasteiger partial charge on any atom is 0.244 e. The second-order valence-electron chi connectivity index (χ2n) is 6.09. The highest BCUT2D eigenvalue weighted by molar-refractivity contribution is 5.73. The molecule has 0 saturated carbocycles. The summed E-state index contributed by atoms with van der Waals surface area (Å²) in [4.78, 5) is 4.06. The van der Waals surface area contributed by atoms with Crippen LogP contribution in [0.15, 0.2) is 54.2 Å². The minimum atomic E-state index is -0.416. The number of aromatic amines is 1. The van der Waals surface area contributed by atoms with Crippen LogP contribution in [0.25, 0.3) is 11.3 Å². The Morgan fingerprint density at radius 3 is 2.78 bits per heavy atom. The van der Waals surface area contributed by atoms with Crippen LogP contribution < -0.4 is 19.9 Å². The highest BCUT2D eigenvalue weighted by atomic mass is 16.7. The van der Waals surface area contributed by atoms with E-state index in [9.17, 15) is 5.26 Å². The van der Waals surface area contributed by atoms with Gasteiger partial charge in [-0.05, 0) is 35.9 Å². The minimum absolute atomic E-state index is 0.0514. The molecule has 27 heavy (non-hydrogen) atoms. The Hall–Kier alpha value is -3.99. The maximum absolute atomic E-state index is 9.69. The molecule has 1 atom stereocenters. The summed E-state index contributed by atoms with van der Waals surface area (Å²) in [7, 11) is 0. The average molecular weight is 359 g/mol. The van der Waals surface area contributed by atoms with E-state index in [1.807, 2.05) is 30.3 Å². The van der Waals surface area contributed by atoms with E-state index >= 15 is 0 Å². The van der Waals surface area contributed by atoms with Crippen LogP contribution in [0, 0.1) is 11.3 Å². The zero-order valence-corrected chi connectivity index (χ0v) is 14.0. The van der Waals surface area contributed by atoms with Crippen molar-refractivity contribution < 1.29 is 14.2 Å². The summed E-state index contributed by atoms with van der Waals surface area (Å²) in [5.74, 6) is 1.33. The third-order valence-electron chi connectivity index (χ3n) is 4.64. The first-order valence-electron chi connectivity index (χ1n) is 8.22. The summed E-state index contributed by atoms with van der Waals surface area (Å²) >= 11 is 0. The molecule has 2 aliphatic rings. The van der Waals surface area contributed by atoms with Crippen molar-refractivity contribution in [1.29, 1.82) is 5.26 Å². The number of ether oxygens (including phenoxy) is 3. The molecule has 2 aliphatic heterocycles. The number of aromatic nitrogens is 3. The highest BCUT2D eigenvalue weighted by Crippen LogP contribution is 2.46. The Kier molecular flexibility index (Phi) is 3.27. The Morgan fingerprint density at radius 2 is 1.96 bits per heavy atom. The van der Waals surface area contributed by atoms with Crippen LogP contribution in [0.4, 0.5) is 0 Å². The number of hydrogen-bond donors (Lipinski definition) is 2. The van der Waals surface area contributed by atoms with Gasteiger partial charge in [0.1, 0.15) is 11.6 Å². The van der Waals surface area contributed by atoms with Gasteiger partial charge in [-0.2, -0.15) is 5.26 Å². The summed E-state index contributed by atoms with van der Waals surface area (Å²) in [5, 5.41) is 17.0. The number of pyridine rings is 1. The van der Waals surface area contributed by atoms with Crippen molar-refractivity contribution in [2.24, 2.45) is 5.73 Å². The van der Waals surface area contributed by atoms with Crippen LogP contribution in [0.1, 0.15) is 17.0 Å². The maximum atomic E-state index is 9.69. The van der Waals surface area contributed by atoms with Crippen LogP contribution in [0.5, 0.6) is 17.4 Å². The van der Waals surface area contributed by atoms with Crippen molar-refractivity contribution in [1.82, 2.24) is 15.2 Å². The SMILES string of the molecule is N#CC1=C(N)Oc2n[nH]c(-c3ccc4c(c3)OCO4)c2C1c1ccncc1. The zero-order valence-electron chi connectivity index (χ0n) is 14.0. The van der Waals surface area contributed by atoms with Gasteiger partial charge in [-0.25, -0.2) is 0 Å².